The summed E-state index contributed by atoms with van der Waals surface area (Å²) in [6.07, 6.45) is 61.8. The maximum Gasteiger partial charge on any atom is 0.472 e. The van der Waals surface area contributed by atoms with Gasteiger partial charge in [0, 0.05) is 19.3 Å². The molecule has 0 bridgehead atoms. The van der Waals surface area contributed by atoms with Gasteiger partial charge in [0.2, 0.25) is 0 Å². The topological polar surface area (TPSA) is 155 Å². The summed E-state index contributed by atoms with van der Waals surface area (Å²) in [5.41, 5.74) is 0. The van der Waals surface area contributed by atoms with Gasteiger partial charge in [0.15, 0.2) is 6.10 Å². The molecule has 0 aromatic heterocycles. The molecule has 74 heavy (non-hydrogen) atoms. The van der Waals surface area contributed by atoms with Crippen molar-refractivity contribution >= 4 is 25.7 Å². The number of unbranched alkanes of at least 4 members (excludes halogenated alkanes) is 29. The molecule has 0 radical (unpaired) electrons. The highest BCUT2D eigenvalue weighted by Gasteiger charge is 2.28. The van der Waals surface area contributed by atoms with Crippen LogP contribution in [0.5, 0.6) is 0 Å². The molecule has 0 rings (SSSR count). The molecule has 0 heterocycles. The van der Waals surface area contributed by atoms with Crippen LogP contribution in [0.2, 0.25) is 0 Å². The second kappa shape index (κ2) is 56.4. The molecule has 12 heteroatoms. The number of allylic oxidation sites excluding steroid dienone is 10. The highest BCUT2D eigenvalue weighted by atomic mass is 31.2. The quantitative estimate of drug-likeness (QED) is 0.0197. The number of carbonyl (C=O) groups is 3. The van der Waals surface area contributed by atoms with Crippen LogP contribution in [0.1, 0.15) is 278 Å². The molecule has 11 nitrogen and oxygen atoms in total. The van der Waals surface area contributed by atoms with Crippen LogP contribution in [0.3, 0.4) is 0 Å². The molecule has 3 unspecified atom stereocenters. The lowest BCUT2D eigenvalue weighted by Crippen LogP contribution is -2.30. The molecular formula is C62H111O11P. The lowest BCUT2D eigenvalue weighted by molar-refractivity contribution is -0.161. The fraction of sp³-hybridized carbons (Fsp3) is 0.790. The van der Waals surface area contributed by atoms with Crippen LogP contribution in [0, 0.1) is 0 Å². The van der Waals surface area contributed by atoms with Gasteiger partial charge in [0.25, 0.3) is 0 Å². The van der Waals surface area contributed by atoms with Crippen LogP contribution < -0.4 is 0 Å². The molecule has 0 aliphatic rings. The predicted molar refractivity (Wildman–Crippen MR) is 307 cm³/mol. The Bertz CT molecular complexity index is 1470. The Morgan fingerprint density at radius 2 is 0.703 bits per heavy atom. The van der Waals surface area contributed by atoms with E-state index in [-0.39, 0.29) is 25.9 Å². The molecule has 0 aromatic carbocycles. The van der Waals surface area contributed by atoms with E-state index in [9.17, 15) is 28.9 Å². The molecule has 0 aliphatic heterocycles. The zero-order valence-corrected chi connectivity index (χ0v) is 48.5. The Labute approximate surface area is 453 Å². The summed E-state index contributed by atoms with van der Waals surface area (Å²) in [4.78, 5) is 48.6. The molecule has 0 saturated heterocycles. The lowest BCUT2D eigenvalue weighted by atomic mass is 10.1. The Morgan fingerprint density at radius 3 is 1.09 bits per heavy atom. The van der Waals surface area contributed by atoms with Gasteiger partial charge in [-0.3, -0.25) is 23.4 Å². The average Bonchev–Trinajstić information content (AvgIpc) is 3.39. The third kappa shape index (κ3) is 54.0. The molecule has 0 amide bonds. The van der Waals surface area contributed by atoms with Gasteiger partial charge >= 0.3 is 25.7 Å². The number of aliphatic hydroxyl groups excluding tert-OH is 1. The zero-order chi connectivity index (χ0) is 54.1. The second-order valence-electron chi connectivity index (χ2n) is 20.1. The number of phosphoric ester groups is 1. The average molecular weight is 1060 g/mol. The Hall–Kier alpha value is -2.82. The van der Waals surface area contributed by atoms with Gasteiger partial charge < -0.3 is 24.2 Å². The summed E-state index contributed by atoms with van der Waals surface area (Å²) >= 11 is 0. The molecular weight excluding hydrogens is 952 g/mol. The number of hydrogen-bond acceptors (Lipinski definition) is 10. The van der Waals surface area contributed by atoms with Gasteiger partial charge in [-0.1, -0.05) is 236 Å². The van der Waals surface area contributed by atoms with Crippen molar-refractivity contribution in [3.05, 3.63) is 60.8 Å². The molecule has 3 atom stereocenters. The van der Waals surface area contributed by atoms with Gasteiger partial charge in [-0.2, -0.15) is 0 Å². The summed E-state index contributed by atoms with van der Waals surface area (Å²) in [5.74, 6) is -1.48. The number of carbonyl (C=O) groups excluding carboxylic acids is 3. The zero-order valence-electron chi connectivity index (χ0n) is 47.6. The lowest BCUT2D eigenvalue weighted by Gasteiger charge is -2.21. The van der Waals surface area contributed by atoms with Crippen LogP contribution in [-0.2, 0) is 42.2 Å². The van der Waals surface area contributed by atoms with Gasteiger partial charge in [-0.25, -0.2) is 4.57 Å². The van der Waals surface area contributed by atoms with Crippen molar-refractivity contribution in [1.82, 2.24) is 0 Å². The first-order valence-corrected chi connectivity index (χ1v) is 31.7. The molecule has 0 aromatic rings. The third-order valence-electron chi connectivity index (χ3n) is 12.9. The fourth-order valence-electron chi connectivity index (χ4n) is 8.34. The smallest absolute Gasteiger partial charge is 0.462 e. The summed E-state index contributed by atoms with van der Waals surface area (Å²) in [5, 5.41) is 9.82. The summed E-state index contributed by atoms with van der Waals surface area (Å²) in [6.45, 7) is 4.52. The molecule has 2 N–H and O–H groups in total. The number of phosphoric acid groups is 1. The Balaban J connectivity index is 4.67. The van der Waals surface area contributed by atoms with Gasteiger partial charge in [-0.05, 0) is 83.5 Å². The van der Waals surface area contributed by atoms with Crippen LogP contribution in [-0.4, -0.2) is 66.5 Å². The third-order valence-corrected chi connectivity index (χ3v) is 13.9. The molecule has 0 aliphatic carbocycles. The SMILES string of the molecule is CC/C=C\C/C=C\C/C=C\C/C=C\CCCCCCC(=O)OC(CO)COP(=O)(O)OCC(COC(=O)CCCCCCCCCCCCC)OC(=O)CCCCCCCCCCC/C=C\CCCCCCCC. The van der Waals surface area contributed by atoms with Crippen molar-refractivity contribution in [3.63, 3.8) is 0 Å². The van der Waals surface area contributed by atoms with Crippen molar-refractivity contribution in [1.29, 1.82) is 0 Å². The number of ether oxygens (including phenoxy) is 3. The van der Waals surface area contributed by atoms with E-state index in [1.165, 1.54) is 128 Å². The number of aliphatic hydroxyl groups is 1. The molecule has 430 valence electrons. The predicted octanol–water partition coefficient (Wildman–Crippen LogP) is 17.9. The Kier molecular flexibility index (Phi) is 54.2. The fourth-order valence-corrected chi connectivity index (χ4v) is 9.13. The van der Waals surface area contributed by atoms with Crippen LogP contribution in [0.25, 0.3) is 0 Å². The standard InChI is InChI=1S/C62H111O11P/c1-4-7-10-13-16-19-22-24-26-28-29-31-33-35-38-41-44-47-50-53-62(66)73-59(55-69-60(64)51-48-45-42-39-36-21-18-15-12-9-6-3)57-71-74(67,68)70-56-58(54-63)72-61(65)52-49-46-43-40-37-34-32-30-27-25-23-20-17-14-11-8-5-2/h8,11,17,20,24-27,32,34,58-59,63H,4-7,9-10,12-16,18-19,21-23,28-31,33,35-57H2,1-3H3,(H,67,68)/b11-8-,20-17-,26-24-,27-25-,34-32-. The minimum absolute atomic E-state index is 0.149. The summed E-state index contributed by atoms with van der Waals surface area (Å²) in [7, 11) is -4.75. The minimum atomic E-state index is -4.75. The molecule has 0 spiro atoms. The first-order valence-electron chi connectivity index (χ1n) is 30.2. The van der Waals surface area contributed by atoms with E-state index >= 15 is 0 Å². The van der Waals surface area contributed by atoms with E-state index < -0.39 is 57.8 Å². The molecule has 0 saturated carbocycles. The second-order valence-corrected chi connectivity index (χ2v) is 21.6. The van der Waals surface area contributed by atoms with E-state index in [4.69, 9.17) is 23.3 Å². The highest BCUT2D eigenvalue weighted by molar-refractivity contribution is 7.47. The van der Waals surface area contributed by atoms with Crippen LogP contribution in [0.4, 0.5) is 0 Å². The van der Waals surface area contributed by atoms with Crippen molar-refractivity contribution in [2.75, 3.05) is 26.4 Å². The van der Waals surface area contributed by atoms with Gasteiger partial charge in [0.05, 0.1) is 19.8 Å². The Morgan fingerprint density at radius 1 is 0.392 bits per heavy atom. The first kappa shape index (κ1) is 71.2. The maximum atomic E-state index is 12.9. The number of rotatable bonds is 56. The van der Waals surface area contributed by atoms with Crippen molar-refractivity contribution in [3.8, 4) is 0 Å². The first-order chi connectivity index (χ1) is 36.2. The van der Waals surface area contributed by atoms with E-state index in [0.717, 1.165) is 89.9 Å². The summed E-state index contributed by atoms with van der Waals surface area (Å²) in [6, 6.07) is 0. The van der Waals surface area contributed by atoms with Crippen LogP contribution >= 0.6 is 7.82 Å². The monoisotopic (exact) mass is 1060 g/mol. The van der Waals surface area contributed by atoms with Crippen molar-refractivity contribution in [2.24, 2.45) is 0 Å². The van der Waals surface area contributed by atoms with Crippen LogP contribution in [0.15, 0.2) is 60.8 Å². The largest absolute Gasteiger partial charge is 0.472 e. The van der Waals surface area contributed by atoms with E-state index in [1.54, 1.807) is 0 Å². The van der Waals surface area contributed by atoms with Crippen molar-refractivity contribution < 1.29 is 52.2 Å². The summed E-state index contributed by atoms with van der Waals surface area (Å²) < 4.78 is 39.5. The normalized spacial score (nSPS) is 13.7. The highest BCUT2D eigenvalue weighted by Crippen LogP contribution is 2.43. The molecule has 0 fully saturated rings. The minimum Gasteiger partial charge on any atom is -0.462 e. The maximum absolute atomic E-state index is 12.9. The van der Waals surface area contributed by atoms with Gasteiger partial charge in [0.1, 0.15) is 12.7 Å². The van der Waals surface area contributed by atoms with E-state index in [0.29, 0.717) is 19.3 Å². The van der Waals surface area contributed by atoms with E-state index in [2.05, 4.69) is 81.5 Å². The number of hydrogen-bond donors (Lipinski definition) is 2. The number of esters is 3. The van der Waals surface area contributed by atoms with Crippen molar-refractivity contribution in [2.45, 2.75) is 290 Å². The van der Waals surface area contributed by atoms with Gasteiger partial charge in [-0.15, -0.1) is 0 Å². The van der Waals surface area contributed by atoms with E-state index in [1.807, 2.05) is 0 Å².